The van der Waals surface area contributed by atoms with Crippen molar-refractivity contribution in [3.8, 4) is 5.75 Å². The number of rotatable bonds is 1. The minimum atomic E-state index is -0.215. The molecule has 0 spiro atoms. The molecule has 0 aromatic carbocycles. The van der Waals surface area contributed by atoms with Gasteiger partial charge in [0, 0.05) is 5.92 Å². The van der Waals surface area contributed by atoms with Gasteiger partial charge in [-0.1, -0.05) is 13.8 Å². The second-order valence-electron chi connectivity index (χ2n) is 3.34. The van der Waals surface area contributed by atoms with Gasteiger partial charge in [-0.05, 0) is 5.21 Å². The summed E-state index contributed by atoms with van der Waals surface area (Å²) in [7, 11) is 0. The zero-order valence-electron chi connectivity index (χ0n) is 7.94. The molecular formula is C8H10N4O2. The molecule has 2 rings (SSSR count). The first-order valence-corrected chi connectivity index (χ1v) is 4.34. The van der Waals surface area contributed by atoms with Gasteiger partial charge in [0.05, 0.1) is 0 Å². The fraction of sp³-hybridized carbons (Fsp3) is 0.500. The maximum absolute atomic E-state index is 11.0. The molecule has 6 nitrogen and oxygen atoms in total. The van der Waals surface area contributed by atoms with Gasteiger partial charge in [0.1, 0.15) is 5.69 Å². The van der Waals surface area contributed by atoms with Crippen LogP contribution in [0, 0.1) is 0 Å². The van der Waals surface area contributed by atoms with Crippen LogP contribution < -0.4 is 10.1 Å². The summed E-state index contributed by atoms with van der Waals surface area (Å²) in [5.74, 6) is 0.872. The Morgan fingerprint density at radius 2 is 2.21 bits per heavy atom. The van der Waals surface area contributed by atoms with Crippen molar-refractivity contribution in [2.45, 2.75) is 19.8 Å². The molecule has 0 atom stereocenters. The van der Waals surface area contributed by atoms with Crippen LogP contribution >= 0.6 is 0 Å². The Hall–Kier alpha value is -1.72. The molecule has 1 aromatic heterocycles. The molecular weight excluding hydrogens is 184 g/mol. The van der Waals surface area contributed by atoms with Crippen molar-refractivity contribution in [2.24, 2.45) is 0 Å². The number of nitrogens with one attached hydrogen (secondary N) is 1. The highest BCUT2D eigenvalue weighted by Gasteiger charge is 2.23. The summed E-state index contributed by atoms with van der Waals surface area (Å²) >= 11 is 0. The van der Waals surface area contributed by atoms with Crippen molar-refractivity contribution in [1.29, 1.82) is 0 Å². The number of ether oxygens (including phenoxy) is 1. The first-order chi connectivity index (χ1) is 6.68. The lowest BCUT2D eigenvalue weighted by Crippen LogP contribution is -2.27. The molecule has 1 N–H and O–H groups in total. The van der Waals surface area contributed by atoms with Crippen LogP contribution in [0.1, 0.15) is 25.5 Å². The molecule has 14 heavy (non-hydrogen) atoms. The smallest absolute Gasteiger partial charge is 0.263 e. The van der Waals surface area contributed by atoms with E-state index in [0.717, 1.165) is 5.69 Å². The van der Waals surface area contributed by atoms with Crippen LogP contribution in [0.2, 0.25) is 0 Å². The summed E-state index contributed by atoms with van der Waals surface area (Å²) in [6, 6.07) is 0. The maximum atomic E-state index is 11.0. The van der Waals surface area contributed by atoms with Crippen LogP contribution in [0.15, 0.2) is 0 Å². The van der Waals surface area contributed by atoms with Crippen molar-refractivity contribution in [2.75, 3.05) is 11.9 Å². The lowest BCUT2D eigenvalue weighted by Gasteiger charge is -2.18. The predicted octanol–water partition coefficient (Wildman–Crippen LogP) is 0.326. The van der Waals surface area contributed by atoms with E-state index >= 15 is 0 Å². The molecule has 74 valence electrons. The number of carbonyl (C=O) groups excluding carboxylic acids is 1. The van der Waals surface area contributed by atoms with E-state index in [1.165, 1.54) is 0 Å². The normalized spacial score (nSPS) is 14.6. The Morgan fingerprint density at radius 3 is 2.93 bits per heavy atom. The van der Waals surface area contributed by atoms with Gasteiger partial charge in [-0.15, -0.1) is 10.2 Å². The van der Waals surface area contributed by atoms with Gasteiger partial charge in [0.15, 0.2) is 12.4 Å². The second kappa shape index (κ2) is 3.21. The predicted molar refractivity (Wildman–Crippen MR) is 48.0 cm³/mol. The lowest BCUT2D eigenvalue weighted by molar-refractivity contribution is -0.118. The monoisotopic (exact) mass is 194 g/mol. The third-order valence-electron chi connectivity index (χ3n) is 1.90. The Balaban J connectivity index is 2.46. The summed E-state index contributed by atoms with van der Waals surface area (Å²) in [5, 5.41) is 13.7. The molecule has 0 bridgehead atoms. The summed E-state index contributed by atoms with van der Waals surface area (Å²) in [4.78, 5) is 11.0. The van der Waals surface area contributed by atoms with Gasteiger partial charge in [0.2, 0.25) is 5.82 Å². The van der Waals surface area contributed by atoms with Crippen molar-refractivity contribution >= 4 is 11.7 Å². The first-order valence-electron chi connectivity index (χ1n) is 4.34. The van der Waals surface area contributed by atoms with Gasteiger partial charge in [-0.2, -0.15) is 0 Å². The number of fused-ring (bicyclic) bond motifs is 1. The number of anilines is 1. The average molecular weight is 194 g/mol. The molecule has 2 heterocycles. The van der Waals surface area contributed by atoms with Gasteiger partial charge in [-0.3, -0.25) is 4.79 Å². The average Bonchev–Trinajstić information content (AvgIpc) is 2.16. The molecule has 0 unspecified atom stereocenters. The number of hydrogen-bond acceptors (Lipinski definition) is 5. The third kappa shape index (κ3) is 1.39. The van der Waals surface area contributed by atoms with E-state index in [4.69, 9.17) is 4.74 Å². The van der Waals surface area contributed by atoms with E-state index in [0.29, 0.717) is 11.6 Å². The van der Waals surface area contributed by atoms with Crippen LogP contribution in [0.25, 0.3) is 0 Å². The Bertz CT molecular complexity index is 378. The molecule has 1 aromatic rings. The standard InChI is InChI=1S/C8H10N4O2/c1-4(2)6-7-8(11-12-10-6)9-5(13)3-14-7/h4H,3H2,1-2H3,(H,9,10,11,13). The minimum absolute atomic E-state index is 0.0140. The third-order valence-corrected chi connectivity index (χ3v) is 1.90. The quantitative estimate of drug-likeness (QED) is 0.696. The molecule has 0 radical (unpaired) electrons. The molecule has 0 aliphatic carbocycles. The first kappa shape index (κ1) is 8.86. The number of nitrogens with zero attached hydrogens (tertiary/aromatic N) is 3. The summed E-state index contributed by atoms with van der Waals surface area (Å²) in [5.41, 5.74) is 0.718. The second-order valence-corrected chi connectivity index (χ2v) is 3.34. The van der Waals surface area contributed by atoms with E-state index in [9.17, 15) is 4.79 Å². The SMILES string of the molecule is CC(C)c1nnnc2c1OCC(=O)N2. The van der Waals surface area contributed by atoms with Crippen LogP contribution in [0.3, 0.4) is 0 Å². The van der Waals surface area contributed by atoms with Gasteiger partial charge >= 0.3 is 0 Å². The van der Waals surface area contributed by atoms with Crippen molar-refractivity contribution < 1.29 is 9.53 Å². The van der Waals surface area contributed by atoms with Crippen molar-refractivity contribution in [3.05, 3.63) is 5.69 Å². The summed E-state index contributed by atoms with van der Waals surface area (Å²) in [6.45, 7) is 3.97. The van der Waals surface area contributed by atoms with Gasteiger partial charge in [0.25, 0.3) is 5.91 Å². The fourth-order valence-corrected chi connectivity index (χ4v) is 1.23. The van der Waals surface area contributed by atoms with Crippen LogP contribution in [-0.2, 0) is 4.79 Å². The minimum Gasteiger partial charge on any atom is -0.478 e. The van der Waals surface area contributed by atoms with E-state index in [-0.39, 0.29) is 18.4 Å². The largest absolute Gasteiger partial charge is 0.478 e. The van der Waals surface area contributed by atoms with E-state index in [2.05, 4.69) is 20.7 Å². The van der Waals surface area contributed by atoms with Crippen LogP contribution in [-0.4, -0.2) is 27.9 Å². The topological polar surface area (TPSA) is 77.0 Å². The van der Waals surface area contributed by atoms with Crippen LogP contribution in [0.5, 0.6) is 5.75 Å². The maximum Gasteiger partial charge on any atom is 0.263 e. The molecule has 1 aliphatic rings. The number of carbonyl (C=O) groups is 1. The number of aromatic nitrogens is 3. The van der Waals surface area contributed by atoms with E-state index in [1.807, 2.05) is 13.8 Å². The highest BCUT2D eigenvalue weighted by Crippen LogP contribution is 2.31. The van der Waals surface area contributed by atoms with Gasteiger partial charge in [-0.25, -0.2) is 0 Å². The highest BCUT2D eigenvalue weighted by molar-refractivity contribution is 5.94. The molecule has 1 amide bonds. The zero-order valence-corrected chi connectivity index (χ0v) is 7.94. The Labute approximate surface area is 80.7 Å². The van der Waals surface area contributed by atoms with Gasteiger partial charge < -0.3 is 10.1 Å². The lowest BCUT2D eigenvalue weighted by atomic mass is 10.1. The fourth-order valence-electron chi connectivity index (χ4n) is 1.23. The summed E-state index contributed by atoms with van der Waals surface area (Å²) < 4.78 is 5.25. The highest BCUT2D eigenvalue weighted by atomic mass is 16.5. The van der Waals surface area contributed by atoms with E-state index < -0.39 is 0 Å². The molecule has 0 fully saturated rings. The molecule has 0 saturated carbocycles. The van der Waals surface area contributed by atoms with E-state index in [1.54, 1.807) is 0 Å². The molecule has 0 saturated heterocycles. The Morgan fingerprint density at radius 1 is 1.43 bits per heavy atom. The molecule has 1 aliphatic heterocycles. The molecule has 6 heteroatoms. The van der Waals surface area contributed by atoms with Crippen molar-refractivity contribution in [1.82, 2.24) is 15.4 Å². The number of amides is 1. The number of hydrogen-bond donors (Lipinski definition) is 1. The van der Waals surface area contributed by atoms with Crippen molar-refractivity contribution in [3.63, 3.8) is 0 Å². The zero-order chi connectivity index (χ0) is 10.1. The Kier molecular flexibility index (Phi) is 2.03. The summed E-state index contributed by atoms with van der Waals surface area (Å²) in [6.07, 6.45) is 0. The van der Waals surface area contributed by atoms with Crippen LogP contribution in [0.4, 0.5) is 5.82 Å².